The maximum Gasteiger partial charge on any atom is 0.262 e. The SMILES string of the molecule is O=c1[nH]c(=S)n(-c2ccc(Cl)cc2)c(O)c1C=C1COC2(CCCCC2)O1. The lowest BCUT2D eigenvalue weighted by atomic mass is 9.94. The highest BCUT2D eigenvalue weighted by molar-refractivity contribution is 7.71. The van der Waals surface area contributed by atoms with Crippen LogP contribution in [0.4, 0.5) is 0 Å². The summed E-state index contributed by atoms with van der Waals surface area (Å²) >= 11 is 11.1. The first-order chi connectivity index (χ1) is 13.0. The highest BCUT2D eigenvalue weighted by Gasteiger charge is 2.40. The predicted octanol–water partition coefficient (Wildman–Crippen LogP) is 4.30. The molecule has 0 amide bonds. The summed E-state index contributed by atoms with van der Waals surface area (Å²) in [6, 6.07) is 6.78. The van der Waals surface area contributed by atoms with Gasteiger partial charge in [0, 0.05) is 17.9 Å². The van der Waals surface area contributed by atoms with Gasteiger partial charge in [-0.3, -0.25) is 14.3 Å². The molecule has 2 fully saturated rings. The number of hydrogen-bond acceptors (Lipinski definition) is 5. The van der Waals surface area contributed by atoms with E-state index in [-0.39, 0.29) is 22.8 Å². The molecule has 2 aliphatic rings. The van der Waals surface area contributed by atoms with Gasteiger partial charge in [0.2, 0.25) is 11.7 Å². The summed E-state index contributed by atoms with van der Waals surface area (Å²) in [7, 11) is 0. The van der Waals surface area contributed by atoms with E-state index in [2.05, 4.69) is 4.98 Å². The quantitative estimate of drug-likeness (QED) is 0.727. The topological polar surface area (TPSA) is 76.5 Å². The number of hydrogen-bond donors (Lipinski definition) is 2. The summed E-state index contributed by atoms with van der Waals surface area (Å²) < 4.78 is 13.4. The predicted molar refractivity (Wildman–Crippen MR) is 105 cm³/mol. The average molecular weight is 407 g/mol. The Kier molecular flexibility index (Phi) is 4.84. The molecule has 6 nitrogen and oxygen atoms in total. The van der Waals surface area contributed by atoms with Gasteiger partial charge in [-0.15, -0.1) is 0 Å². The first-order valence-electron chi connectivity index (χ1n) is 8.85. The average Bonchev–Trinajstić information content (AvgIpc) is 3.03. The molecule has 1 spiro atoms. The number of benzene rings is 1. The summed E-state index contributed by atoms with van der Waals surface area (Å²) in [5.41, 5.74) is 0.179. The second-order valence-electron chi connectivity index (χ2n) is 6.78. The molecule has 2 aromatic rings. The van der Waals surface area contributed by atoms with Gasteiger partial charge < -0.3 is 14.6 Å². The van der Waals surface area contributed by atoms with Crippen LogP contribution >= 0.6 is 23.8 Å². The number of nitrogens with one attached hydrogen (secondary N) is 1. The van der Waals surface area contributed by atoms with E-state index in [9.17, 15) is 9.90 Å². The molecule has 1 aromatic carbocycles. The maximum atomic E-state index is 12.4. The third-order valence-corrected chi connectivity index (χ3v) is 5.46. The van der Waals surface area contributed by atoms with Gasteiger partial charge >= 0.3 is 0 Å². The molecule has 2 heterocycles. The molecule has 142 valence electrons. The van der Waals surface area contributed by atoms with E-state index in [1.54, 1.807) is 24.3 Å². The van der Waals surface area contributed by atoms with E-state index in [4.69, 9.17) is 33.3 Å². The molecule has 27 heavy (non-hydrogen) atoms. The highest BCUT2D eigenvalue weighted by atomic mass is 35.5. The monoisotopic (exact) mass is 406 g/mol. The lowest BCUT2D eigenvalue weighted by Crippen LogP contribution is -2.32. The summed E-state index contributed by atoms with van der Waals surface area (Å²) in [6.07, 6.45) is 6.49. The molecular weight excluding hydrogens is 388 g/mol. The van der Waals surface area contributed by atoms with Gasteiger partial charge in [0.25, 0.3) is 5.56 Å². The van der Waals surface area contributed by atoms with Crippen molar-refractivity contribution in [1.82, 2.24) is 9.55 Å². The van der Waals surface area contributed by atoms with Crippen LogP contribution < -0.4 is 5.56 Å². The van der Waals surface area contributed by atoms with Gasteiger partial charge in [0.05, 0.1) is 5.69 Å². The number of H-pyrrole nitrogens is 1. The number of nitrogens with zero attached hydrogens (tertiary/aromatic N) is 1. The Morgan fingerprint density at radius 1 is 1.22 bits per heavy atom. The van der Waals surface area contributed by atoms with Crippen molar-refractivity contribution in [2.45, 2.75) is 37.9 Å². The largest absolute Gasteiger partial charge is 0.494 e. The van der Waals surface area contributed by atoms with E-state index >= 15 is 0 Å². The minimum absolute atomic E-state index is 0.0741. The number of ether oxygens (including phenoxy) is 2. The summed E-state index contributed by atoms with van der Waals surface area (Å²) in [5.74, 6) is -0.319. The molecular formula is C19H19ClN2O4S. The third-order valence-electron chi connectivity index (χ3n) is 4.92. The maximum absolute atomic E-state index is 12.4. The summed E-state index contributed by atoms with van der Waals surface area (Å²) in [6.45, 7) is 0.273. The second-order valence-corrected chi connectivity index (χ2v) is 7.60. The zero-order valence-electron chi connectivity index (χ0n) is 14.5. The molecule has 0 atom stereocenters. The molecule has 1 aliphatic carbocycles. The fourth-order valence-corrected chi connectivity index (χ4v) is 3.98. The minimum atomic E-state index is -0.587. The zero-order chi connectivity index (χ0) is 19.0. The highest BCUT2D eigenvalue weighted by Crippen LogP contribution is 2.39. The fraction of sp³-hybridized carbons (Fsp3) is 0.368. The first-order valence-corrected chi connectivity index (χ1v) is 9.64. The van der Waals surface area contributed by atoms with Gasteiger partial charge in [-0.1, -0.05) is 18.0 Å². The van der Waals surface area contributed by atoms with Gasteiger partial charge in [-0.2, -0.15) is 0 Å². The summed E-state index contributed by atoms with van der Waals surface area (Å²) in [5, 5.41) is 11.3. The lowest BCUT2D eigenvalue weighted by Gasteiger charge is -2.30. The van der Waals surface area contributed by atoms with Crippen LogP contribution in [0.1, 0.15) is 37.7 Å². The fourth-order valence-electron chi connectivity index (χ4n) is 3.57. The Morgan fingerprint density at radius 2 is 1.93 bits per heavy atom. The van der Waals surface area contributed by atoms with Crippen molar-refractivity contribution in [1.29, 1.82) is 0 Å². The van der Waals surface area contributed by atoms with Gasteiger partial charge in [0.15, 0.2) is 4.77 Å². The molecule has 1 saturated heterocycles. The van der Waals surface area contributed by atoms with Crippen LogP contribution in [-0.2, 0) is 9.47 Å². The van der Waals surface area contributed by atoms with Crippen molar-refractivity contribution < 1.29 is 14.6 Å². The Morgan fingerprint density at radius 3 is 2.63 bits per heavy atom. The minimum Gasteiger partial charge on any atom is -0.494 e. The molecule has 1 aromatic heterocycles. The van der Waals surface area contributed by atoms with Crippen molar-refractivity contribution in [3.05, 3.63) is 55.7 Å². The molecule has 1 saturated carbocycles. The first kappa shape index (κ1) is 18.3. The Labute approximate surface area is 166 Å². The van der Waals surface area contributed by atoms with E-state index in [1.165, 1.54) is 17.1 Å². The number of aromatic hydroxyl groups is 1. The van der Waals surface area contributed by atoms with Crippen molar-refractivity contribution in [3.8, 4) is 11.6 Å². The Hall–Kier alpha value is -2.09. The molecule has 2 N–H and O–H groups in total. The summed E-state index contributed by atoms with van der Waals surface area (Å²) in [4.78, 5) is 15.0. The van der Waals surface area contributed by atoms with Crippen molar-refractivity contribution in [3.63, 3.8) is 0 Å². The zero-order valence-corrected chi connectivity index (χ0v) is 16.1. The Balaban J connectivity index is 1.73. The van der Waals surface area contributed by atoms with Crippen LogP contribution in [0.15, 0.2) is 34.8 Å². The van der Waals surface area contributed by atoms with Crippen LogP contribution in [0.3, 0.4) is 0 Å². The number of halogens is 1. The molecule has 0 unspecified atom stereocenters. The van der Waals surface area contributed by atoms with Gasteiger partial charge in [0.1, 0.15) is 17.9 Å². The second kappa shape index (κ2) is 7.14. The number of rotatable bonds is 2. The standard InChI is InChI=1S/C19H19ClN2O4S/c20-12-4-6-13(7-5-12)22-17(24)15(16(23)21-18(22)27)10-14-11-25-19(26-14)8-2-1-3-9-19/h4-7,10,24H,1-3,8-9,11H2,(H,21,23,27). The van der Waals surface area contributed by atoms with Crippen LogP contribution in [-0.4, -0.2) is 27.1 Å². The number of aromatic nitrogens is 2. The lowest BCUT2D eigenvalue weighted by molar-refractivity contribution is -0.168. The molecule has 0 bridgehead atoms. The van der Waals surface area contributed by atoms with E-state index in [0.29, 0.717) is 16.5 Å². The molecule has 1 aliphatic heterocycles. The van der Waals surface area contributed by atoms with E-state index in [1.807, 2.05) is 0 Å². The smallest absolute Gasteiger partial charge is 0.262 e. The van der Waals surface area contributed by atoms with Gasteiger partial charge in [-0.25, -0.2) is 0 Å². The van der Waals surface area contributed by atoms with Crippen LogP contribution in [0.5, 0.6) is 5.88 Å². The van der Waals surface area contributed by atoms with Gasteiger partial charge in [-0.05, 0) is 55.4 Å². The van der Waals surface area contributed by atoms with Crippen molar-refractivity contribution in [2.75, 3.05) is 6.61 Å². The molecule has 4 rings (SSSR count). The Bertz CT molecular complexity index is 1000. The molecule has 8 heteroatoms. The molecule has 0 radical (unpaired) electrons. The van der Waals surface area contributed by atoms with Crippen LogP contribution in [0, 0.1) is 4.77 Å². The number of aromatic amines is 1. The third kappa shape index (κ3) is 3.54. The van der Waals surface area contributed by atoms with Crippen LogP contribution in [0.2, 0.25) is 5.02 Å². The van der Waals surface area contributed by atoms with Crippen LogP contribution in [0.25, 0.3) is 11.8 Å². The van der Waals surface area contributed by atoms with Crippen molar-refractivity contribution in [2.24, 2.45) is 0 Å². The van der Waals surface area contributed by atoms with E-state index < -0.39 is 11.3 Å². The normalized spacial score (nSPS) is 20.1. The van der Waals surface area contributed by atoms with Crippen molar-refractivity contribution >= 4 is 29.9 Å². The van der Waals surface area contributed by atoms with E-state index in [0.717, 1.165) is 25.7 Å².